The van der Waals surface area contributed by atoms with Crippen LogP contribution in [0.15, 0.2) is 25.3 Å². The number of nitrogen functional groups attached to an aromatic ring is 2. The van der Waals surface area contributed by atoms with Crippen molar-refractivity contribution in [2.45, 2.75) is 91.1 Å². The van der Waals surface area contributed by atoms with Crippen LogP contribution < -0.4 is 11.5 Å². The summed E-state index contributed by atoms with van der Waals surface area (Å²) in [5.41, 5.74) is 11.1. The number of imidazole rings is 2. The number of carbonyl (C=O) groups is 2. The van der Waals surface area contributed by atoms with Gasteiger partial charge in [-0.05, 0) is 48.0 Å². The van der Waals surface area contributed by atoms with Gasteiger partial charge >= 0.3 is 27.6 Å². The first-order chi connectivity index (χ1) is 27.8. The Balaban J connectivity index is 1.22. The molecule has 7 rings (SSSR count). The monoisotopic (exact) mass is 870 g/mol. The van der Waals surface area contributed by atoms with Gasteiger partial charge < -0.3 is 30.2 Å². The third-order valence-electron chi connectivity index (χ3n) is 9.70. The molecule has 0 spiro atoms. The van der Waals surface area contributed by atoms with E-state index in [0.717, 1.165) is 0 Å². The van der Waals surface area contributed by atoms with Crippen LogP contribution in [0.3, 0.4) is 0 Å². The molecule has 1 aliphatic carbocycles. The average molecular weight is 871 g/mol. The Kier molecular flexibility index (Phi) is 11.9. The second kappa shape index (κ2) is 16.3. The van der Waals surface area contributed by atoms with Crippen LogP contribution in [0.25, 0.3) is 22.3 Å². The van der Waals surface area contributed by atoms with Gasteiger partial charge in [0, 0.05) is 12.3 Å². The Morgan fingerprint density at radius 1 is 0.763 bits per heavy atom. The topological polar surface area (TPSA) is 291 Å². The molecule has 0 radical (unpaired) electrons. The SMILES string of the molecule is CC(C)(C)C(=O)OCOP1(=O)OC[C@H]2C[C@@H](n3cnc4c(N)ncnc43)C(F)[C@H]2OP(=O)(OCOC(=O)C(C)(C)C)OC[C@H]2O[C@@H](n3cnc4c(N)ncnc43)CC2O1. The van der Waals surface area contributed by atoms with E-state index < -0.39 is 108 Å². The molecule has 9 atom stereocenters. The molecule has 1 saturated carbocycles. The first kappa shape index (κ1) is 42.9. The van der Waals surface area contributed by atoms with Crippen molar-refractivity contribution in [3.8, 4) is 0 Å². The minimum absolute atomic E-state index is 0.0559. The highest BCUT2D eigenvalue weighted by Gasteiger charge is 2.53. The van der Waals surface area contributed by atoms with Gasteiger partial charge in [0.2, 0.25) is 13.6 Å². The van der Waals surface area contributed by atoms with Crippen molar-refractivity contribution < 1.29 is 64.5 Å². The van der Waals surface area contributed by atoms with Gasteiger partial charge in [-0.2, -0.15) is 0 Å². The summed E-state index contributed by atoms with van der Waals surface area (Å²) in [6, 6.07) is -1.09. The number of anilines is 2. The van der Waals surface area contributed by atoms with Crippen LogP contribution in [-0.4, -0.2) is 102 Å². The van der Waals surface area contributed by atoms with Gasteiger partial charge in [0.15, 0.2) is 22.9 Å². The Hall–Kier alpha value is -4.25. The van der Waals surface area contributed by atoms with Crippen molar-refractivity contribution in [3.63, 3.8) is 0 Å². The first-order valence-corrected chi connectivity index (χ1v) is 21.3. The zero-order valence-electron chi connectivity index (χ0n) is 32.9. The van der Waals surface area contributed by atoms with Crippen LogP contribution in [-0.2, 0) is 60.1 Å². The van der Waals surface area contributed by atoms with Gasteiger partial charge in [0.1, 0.15) is 54.4 Å². The van der Waals surface area contributed by atoms with E-state index in [0.29, 0.717) is 5.65 Å². The summed E-state index contributed by atoms with van der Waals surface area (Å²) in [5, 5.41) is 0. The number of nitrogens with two attached hydrogens (primary N) is 2. The van der Waals surface area contributed by atoms with Crippen LogP contribution in [0.4, 0.5) is 16.0 Å². The molecular weight excluding hydrogens is 825 g/mol. The van der Waals surface area contributed by atoms with Gasteiger partial charge in [0.05, 0.1) is 42.7 Å². The molecular formula is C33H45FN10O13P2. The molecule has 2 aliphatic heterocycles. The fourth-order valence-electron chi connectivity index (χ4n) is 6.54. The number of nitrogens with zero attached hydrogens (tertiary/aromatic N) is 8. The second-order valence-corrected chi connectivity index (χ2v) is 19.3. The standard InChI is InChI=1S/C33H45FN10O13P2/c1-32(2,3)30(45)49-15-53-58(47)51-9-17-7-18(43-13-41-23-26(35)37-11-39-28(23)43)22(34)25(17)57-59(48,54-16-50-31(46)33(4,5)6)52-10-20-19(56-58)8-21(55-20)44-14-42-24-27(36)38-12-40-29(24)44/h11-14,17-22,25H,7-10,15-16H2,1-6H3,(H2,35,37,39)(H2,36,38,40)/t17-,18-,19?,20-,21-,22?,25+,58?,59?/m1/s1. The van der Waals surface area contributed by atoms with Crippen LogP contribution in [0, 0.1) is 16.7 Å². The molecule has 6 heterocycles. The summed E-state index contributed by atoms with van der Waals surface area (Å²) in [4.78, 5) is 50.1. The number of ether oxygens (including phenoxy) is 3. The quantitative estimate of drug-likeness (QED) is 0.143. The van der Waals surface area contributed by atoms with Crippen molar-refractivity contribution in [2.24, 2.45) is 16.7 Å². The normalized spacial score (nSPS) is 30.7. The van der Waals surface area contributed by atoms with Crippen molar-refractivity contribution in [2.75, 3.05) is 38.3 Å². The predicted molar refractivity (Wildman–Crippen MR) is 200 cm³/mol. The average Bonchev–Trinajstić information content (AvgIpc) is 3.95. The number of alkyl halides is 1. The van der Waals surface area contributed by atoms with Crippen LogP contribution in [0.1, 0.15) is 66.7 Å². The molecule has 0 amide bonds. The number of phosphoric ester groups is 2. The van der Waals surface area contributed by atoms with Crippen LogP contribution >= 0.6 is 15.6 Å². The molecule has 4 aromatic rings. The fourth-order valence-corrected chi connectivity index (χ4v) is 9.14. The highest BCUT2D eigenvalue weighted by Crippen LogP contribution is 2.59. The number of halogens is 1. The molecule has 0 bridgehead atoms. The number of hydrogen-bond donors (Lipinski definition) is 2. The van der Waals surface area contributed by atoms with Crippen LogP contribution in [0.2, 0.25) is 0 Å². The minimum atomic E-state index is -4.88. The third-order valence-corrected chi connectivity index (χ3v) is 12.5. The van der Waals surface area contributed by atoms with E-state index in [4.69, 9.17) is 52.8 Å². The van der Waals surface area contributed by atoms with Gasteiger partial charge in [-0.1, -0.05) is 0 Å². The van der Waals surface area contributed by atoms with Crippen molar-refractivity contribution in [1.82, 2.24) is 39.0 Å². The van der Waals surface area contributed by atoms with E-state index in [9.17, 15) is 18.7 Å². The molecule has 4 unspecified atom stereocenters. The molecule has 3 aliphatic rings. The predicted octanol–water partition coefficient (Wildman–Crippen LogP) is 4.18. The molecule has 322 valence electrons. The van der Waals surface area contributed by atoms with E-state index in [1.807, 2.05) is 0 Å². The van der Waals surface area contributed by atoms with Gasteiger partial charge in [-0.15, -0.1) is 0 Å². The molecule has 3 fully saturated rings. The Bertz CT molecular complexity index is 2300. The maximum Gasteiger partial charge on any atom is 0.478 e. The molecule has 4 N–H and O–H groups in total. The zero-order valence-corrected chi connectivity index (χ0v) is 34.7. The van der Waals surface area contributed by atoms with Crippen molar-refractivity contribution in [1.29, 1.82) is 0 Å². The lowest BCUT2D eigenvalue weighted by Crippen LogP contribution is -2.34. The number of hydrogen-bond acceptors (Lipinski definition) is 21. The smallest absolute Gasteiger partial charge is 0.437 e. The molecule has 4 aromatic heterocycles. The highest BCUT2D eigenvalue weighted by molar-refractivity contribution is 7.48. The minimum Gasteiger partial charge on any atom is -0.437 e. The van der Waals surface area contributed by atoms with E-state index in [1.54, 1.807) is 41.5 Å². The highest BCUT2D eigenvalue weighted by atomic mass is 31.2. The molecule has 0 aromatic carbocycles. The number of aromatic nitrogens is 8. The second-order valence-electron chi connectivity index (χ2n) is 16.1. The zero-order chi connectivity index (χ0) is 42.5. The van der Waals surface area contributed by atoms with Gasteiger partial charge in [-0.25, -0.2) is 52.5 Å². The molecule has 26 heteroatoms. The van der Waals surface area contributed by atoms with E-state index in [1.165, 1.54) is 34.4 Å². The first-order valence-electron chi connectivity index (χ1n) is 18.4. The molecule has 59 heavy (non-hydrogen) atoms. The summed E-state index contributed by atoms with van der Waals surface area (Å²) in [6.07, 6.45) is -2.05. The Morgan fingerprint density at radius 2 is 1.29 bits per heavy atom. The summed E-state index contributed by atoms with van der Waals surface area (Å²) < 4.78 is 100. The maximum absolute atomic E-state index is 16.9. The lowest BCUT2D eigenvalue weighted by atomic mass is 9.98. The molecule has 23 nitrogen and oxygen atoms in total. The van der Waals surface area contributed by atoms with Gasteiger partial charge in [0.25, 0.3) is 0 Å². The summed E-state index contributed by atoms with van der Waals surface area (Å²) in [6.45, 7) is 6.69. The van der Waals surface area contributed by atoms with Crippen molar-refractivity contribution in [3.05, 3.63) is 25.3 Å². The van der Waals surface area contributed by atoms with Crippen molar-refractivity contribution >= 4 is 61.5 Å². The fraction of sp³-hybridized carbons (Fsp3) is 0.636. The number of fused-ring (bicyclic) bond motifs is 4. The number of esters is 2. The maximum atomic E-state index is 16.9. The third kappa shape index (κ3) is 9.10. The van der Waals surface area contributed by atoms with Gasteiger partial charge in [-0.3, -0.25) is 32.3 Å². The summed E-state index contributed by atoms with van der Waals surface area (Å²) in [7, 11) is -9.63. The van der Waals surface area contributed by atoms with E-state index >= 15 is 4.39 Å². The number of carbonyl (C=O) groups excluding carboxylic acids is 2. The van der Waals surface area contributed by atoms with E-state index in [-0.39, 0.29) is 41.2 Å². The lowest BCUT2D eigenvalue weighted by Gasteiger charge is -2.30. The Morgan fingerprint density at radius 3 is 1.86 bits per heavy atom. The summed E-state index contributed by atoms with van der Waals surface area (Å²) >= 11 is 0. The van der Waals surface area contributed by atoms with E-state index in [2.05, 4.69) is 29.9 Å². The number of rotatable bonds is 8. The lowest BCUT2D eigenvalue weighted by molar-refractivity contribution is -0.161. The Labute approximate surface area is 336 Å². The van der Waals surface area contributed by atoms with Crippen LogP contribution in [0.5, 0.6) is 0 Å². The summed E-state index contributed by atoms with van der Waals surface area (Å²) in [5.74, 6) is -2.27. The number of phosphoric acid groups is 2. The largest absolute Gasteiger partial charge is 0.478 e. The molecule has 2 saturated heterocycles.